The molecule has 0 aromatic heterocycles. The van der Waals surface area contributed by atoms with Crippen molar-refractivity contribution in [2.75, 3.05) is 53.0 Å². The van der Waals surface area contributed by atoms with Gasteiger partial charge in [0.1, 0.15) is 0 Å². The lowest BCUT2D eigenvalue weighted by Crippen LogP contribution is -2.51. The molecule has 0 aromatic carbocycles. The highest BCUT2D eigenvalue weighted by atomic mass is 16.5. The van der Waals surface area contributed by atoms with E-state index >= 15 is 0 Å². The van der Waals surface area contributed by atoms with Crippen molar-refractivity contribution in [1.82, 2.24) is 20.9 Å². The van der Waals surface area contributed by atoms with Crippen LogP contribution < -0.4 is 16.0 Å². The Morgan fingerprint density at radius 2 is 1.85 bits per heavy atom. The summed E-state index contributed by atoms with van der Waals surface area (Å²) in [7, 11) is 1.55. The van der Waals surface area contributed by atoms with Crippen molar-refractivity contribution in [3.63, 3.8) is 0 Å². The van der Waals surface area contributed by atoms with Gasteiger partial charge in [0.2, 0.25) is 5.91 Å². The van der Waals surface area contributed by atoms with Crippen molar-refractivity contribution >= 4 is 17.7 Å². The summed E-state index contributed by atoms with van der Waals surface area (Å²) in [6.07, 6.45) is 0.143. The number of hydrogen-bond donors (Lipinski definition) is 3. The van der Waals surface area contributed by atoms with Gasteiger partial charge in [-0.2, -0.15) is 0 Å². The molecule has 0 spiro atoms. The van der Waals surface area contributed by atoms with Gasteiger partial charge in [-0.05, 0) is 0 Å². The average Bonchev–Trinajstić information content (AvgIpc) is 2.47. The molecule has 114 valence electrons. The fraction of sp³-hybridized carbons (Fsp3) is 0.750. The van der Waals surface area contributed by atoms with Gasteiger partial charge < -0.3 is 25.6 Å². The molecular formula is C12H22N4O4. The Kier molecular flexibility index (Phi) is 7.59. The van der Waals surface area contributed by atoms with Gasteiger partial charge in [0.05, 0.1) is 6.61 Å². The first-order valence-electron chi connectivity index (χ1n) is 6.68. The number of rotatable bonds is 6. The topological polar surface area (TPSA) is 99.8 Å². The molecule has 1 fully saturated rings. The third-order valence-electron chi connectivity index (χ3n) is 2.86. The van der Waals surface area contributed by atoms with Crippen molar-refractivity contribution in [3.8, 4) is 0 Å². The van der Waals surface area contributed by atoms with E-state index in [1.807, 2.05) is 0 Å². The van der Waals surface area contributed by atoms with Crippen molar-refractivity contribution in [2.24, 2.45) is 0 Å². The predicted octanol–water partition coefficient (Wildman–Crippen LogP) is -2.31. The summed E-state index contributed by atoms with van der Waals surface area (Å²) in [5.41, 5.74) is 0. The van der Waals surface area contributed by atoms with Gasteiger partial charge in [0.25, 0.3) is 0 Å². The molecule has 3 N–H and O–H groups in total. The Hall–Kier alpha value is -1.67. The number of carbonyl (C=O) groups excluding carboxylic acids is 3. The van der Waals surface area contributed by atoms with E-state index in [2.05, 4.69) is 16.0 Å². The normalized spacial score (nSPS) is 14.8. The molecule has 8 heteroatoms. The number of nitrogens with zero attached hydrogens (tertiary/aromatic N) is 1. The molecule has 0 saturated carbocycles. The first-order chi connectivity index (χ1) is 9.65. The molecule has 1 heterocycles. The van der Waals surface area contributed by atoms with Crippen LogP contribution in [0.5, 0.6) is 0 Å². The minimum atomic E-state index is -0.656. The van der Waals surface area contributed by atoms with E-state index in [4.69, 9.17) is 4.74 Å². The maximum Gasteiger partial charge on any atom is 0.311 e. The Bertz CT molecular complexity index is 342. The number of nitrogens with one attached hydrogen (secondary N) is 3. The zero-order valence-corrected chi connectivity index (χ0v) is 11.7. The van der Waals surface area contributed by atoms with Crippen LogP contribution in [0.2, 0.25) is 0 Å². The Labute approximate surface area is 118 Å². The molecule has 20 heavy (non-hydrogen) atoms. The van der Waals surface area contributed by atoms with Gasteiger partial charge in [0.15, 0.2) is 0 Å². The Morgan fingerprint density at radius 3 is 2.50 bits per heavy atom. The maximum atomic E-state index is 11.8. The Morgan fingerprint density at radius 1 is 1.15 bits per heavy atom. The minimum Gasteiger partial charge on any atom is -0.383 e. The van der Waals surface area contributed by atoms with E-state index in [0.29, 0.717) is 39.3 Å². The van der Waals surface area contributed by atoms with E-state index in [9.17, 15) is 14.4 Å². The maximum absolute atomic E-state index is 11.8. The van der Waals surface area contributed by atoms with Crippen molar-refractivity contribution in [1.29, 1.82) is 0 Å². The largest absolute Gasteiger partial charge is 0.383 e. The molecule has 1 rings (SSSR count). The van der Waals surface area contributed by atoms with Gasteiger partial charge in [-0.15, -0.1) is 0 Å². The molecule has 3 amide bonds. The van der Waals surface area contributed by atoms with E-state index in [0.717, 1.165) is 0 Å². The number of piperazine rings is 1. The van der Waals surface area contributed by atoms with E-state index in [-0.39, 0.29) is 18.9 Å². The first-order valence-corrected chi connectivity index (χ1v) is 6.68. The highest BCUT2D eigenvalue weighted by molar-refractivity contribution is 6.35. The molecule has 0 aromatic rings. The summed E-state index contributed by atoms with van der Waals surface area (Å²) < 4.78 is 4.79. The van der Waals surface area contributed by atoms with Gasteiger partial charge in [-0.3, -0.25) is 14.4 Å². The third-order valence-corrected chi connectivity index (χ3v) is 2.86. The fourth-order valence-electron chi connectivity index (χ4n) is 1.76. The second-order valence-electron chi connectivity index (χ2n) is 4.39. The molecule has 1 aliphatic heterocycles. The molecule has 8 nitrogen and oxygen atoms in total. The standard InChI is InChI=1S/C12H22N4O4/c1-20-9-6-14-10(17)2-3-15-11(18)12(19)16-7-4-13-5-8-16/h13H,2-9H2,1H3,(H,14,17)(H,15,18). The quantitative estimate of drug-likeness (QED) is 0.376. The van der Waals surface area contributed by atoms with Crippen LogP contribution in [0.15, 0.2) is 0 Å². The highest BCUT2D eigenvalue weighted by Crippen LogP contribution is 1.93. The predicted molar refractivity (Wildman–Crippen MR) is 72.0 cm³/mol. The lowest BCUT2D eigenvalue weighted by atomic mass is 10.3. The number of carbonyl (C=O) groups is 3. The van der Waals surface area contributed by atoms with E-state index in [1.54, 1.807) is 7.11 Å². The van der Waals surface area contributed by atoms with Crippen LogP contribution in [0.4, 0.5) is 0 Å². The third kappa shape index (κ3) is 5.98. The summed E-state index contributed by atoms with van der Waals surface area (Å²) in [6.45, 7) is 3.48. The molecule has 0 radical (unpaired) electrons. The second kappa shape index (κ2) is 9.27. The van der Waals surface area contributed by atoms with Crippen molar-refractivity contribution in [2.45, 2.75) is 6.42 Å². The Balaban J connectivity index is 2.15. The van der Waals surface area contributed by atoms with Crippen molar-refractivity contribution in [3.05, 3.63) is 0 Å². The summed E-state index contributed by atoms with van der Waals surface area (Å²) in [6, 6.07) is 0. The molecule has 1 saturated heterocycles. The van der Waals surface area contributed by atoms with Crippen LogP contribution >= 0.6 is 0 Å². The highest BCUT2D eigenvalue weighted by Gasteiger charge is 2.22. The summed E-state index contributed by atoms with van der Waals surface area (Å²) in [5.74, 6) is -1.38. The summed E-state index contributed by atoms with van der Waals surface area (Å²) in [4.78, 5) is 36.2. The van der Waals surface area contributed by atoms with Gasteiger partial charge >= 0.3 is 11.8 Å². The minimum absolute atomic E-state index is 0.143. The molecule has 1 aliphatic rings. The molecule has 0 atom stereocenters. The number of ether oxygens (including phenoxy) is 1. The van der Waals surface area contributed by atoms with Crippen LogP contribution in [-0.4, -0.2) is 75.6 Å². The number of amides is 3. The summed E-state index contributed by atoms with van der Waals surface area (Å²) >= 11 is 0. The van der Waals surface area contributed by atoms with Gasteiger partial charge in [-0.1, -0.05) is 0 Å². The molecular weight excluding hydrogens is 264 g/mol. The lowest BCUT2D eigenvalue weighted by molar-refractivity contribution is -0.146. The number of hydrogen-bond acceptors (Lipinski definition) is 5. The number of methoxy groups -OCH3 is 1. The summed E-state index contributed by atoms with van der Waals surface area (Å²) in [5, 5.41) is 8.19. The van der Waals surface area contributed by atoms with Crippen LogP contribution in [0.1, 0.15) is 6.42 Å². The zero-order chi connectivity index (χ0) is 14.8. The van der Waals surface area contributed by atoms with E-state index in [1.165, 1.54) is 4.90 Å². The molecule has 0 bridgehead atoms. The van der Waals surface area contributed by atoms with Crippen molar-refractivity contribution < 1.29 is 19.1 Å². The monoisotopic (exact) mass is 286 g/mol. The van der Waals surface area contributed by atoms with Gasteiger partial charge in [-0.25, -0.2) is 0 Å². The van der Waals surface area contributed by atoms with Crippen LogP contribution in [-0.2, 0) is 19.1 Å². The molecule has 0 unspecified atom stereocenters. The SMILES string of the molecule is COCCNC(=O)CCNC(=O)C(=O)N1CCNCC1. The lowest BCUT2D eigenvalue weighted by Gasteiger charge is -2.26. The second-order valence-corrected chi connectivity index (χ2v) is 4.39. The van der Waals surface area contributed by atoms with Crippen LogP contribution in [0.25, 0.3) is 0 Å². The smallest absolute Gasteiger partial charge is 0.311 e. The molecule has 0 aliphatic carbocycles. The zero-order valence-electron chi connectivity index (χ0n) is 11.7. The van der Waals surface area contributed by atoms with Crippen LogP contribution in [0, 0.1) is 0 Å². The van der Waals surface area contributed by atoms with Gasteiger partial charge in [0, 0.05) is 52.8 Å². The van der Waals surface area contributed by atoms with Crippen LogP contribution in [0.3, 0.4) is 0 Å². The fourth-order valence-corrected chi connectivity index (χ4v) is 1.76. The average molecular weight is 286 g/mol. The van der Waals surface area contributed by atoms with E-state index < -0.39 is 11.8 Å². The first kappa shape index (κ1) is 16.4.